The number of ether oxygens (including phenoxy) is 1. The van der Waals surface area contributed by atoms with E-state index < -0.39 is 0 Å². The highest BCUT2D eigenvalue weighted by molar-refractivity contribution is 5.05. The number of hydrogen-bond donors (Lipinski definition) is 0. The molecule has 0 aromatic heterocycles. The van der Waals surface area contributed by atoms with Crippen molar-refractivity contribution in [2.45, 2.75) is 13.0 Å². The van der Waals surface area contributed by atoms with Crippen LogP contribution in [0.3, 0.4) is 0 Å². The third-order valence-electron chi connectivity index (χ3n) is 1.09. The van der Waals surface area contributed by atoms with Gasteiger partial charge in [-0.05, 0) is 6.92 Å². The van der Waals surface area contributed by atoms with Gasteiger partial charge in [0.25, 0.3) is 0 Å². The molecule has 44 valence electrons. The van der Waals surface area contributed by atoms with Gasteiger partial charge in [-0.1, -0.05) is 24.3 Å². The molecule has 1 aliphatic rings. The number of rotatable bonds is 1. The molecule has 0 saturated carbocycles. The van der Waals surface area contributed by atoms with Crippen LogP contribution in [0.15, 0.2) is 24.3 Å². The fourth-order valence-corrected chi connectivity index (χ4v) is 0.721. The predicted molar refractivity (Wildman–Crippen MR) is 33.7 cm³/mol. The molecule has 0 unspecified atom stereocenters. The van der Waals surface area contributed by atoms with Crippen LogP contribution in [0.25, 0.3) is 0 Å². The Hall–Kier alpha value is -0.560. The normalized spacial score (nSPS) is 27.9. The van der Waals surface area contributed by atoms with Crippen molar-refractivity contribution in [3.05, 3.63) is 24.3 Å². The second-order valence-electron chi connectivity index (χ2n) is 1.75. The molecule has 1 rings (SSSR count). The van der Waals surface area contributed by atoms with Crippen molar-refractivity contribution in [1.82, 2.24) is 0 Å². The van der Waals surface area contributed by atoms with Gasteiger partial charge in [0.2, 0.25) is 0 Å². The lowest BCUT2D eigenvalue weighted by molar-refractivity contribution is 0.161. The third-order valence-corrected chi connectivity index (χ3v) is 1.09. The summed E-state index contributed by atoms with van der Waals surface area (Å²) in [7, 11) is 0. The van der Waals surface area contributed by atoms with E-state index in [-0.39, 0.29) is 6.10 Å². The standard InChI is InChI=1S/C7H10O/c1-2-4-7-5-3-6-8-7/h2-5,7H,6H2,1H3/b4-2-/t7-/m0/s1. The molecule has 1 heteroatoms. The average Bonchev–Trinajstić information content (AvgIpc) is 2.19. The van der Waals surface area contributed by atoms with Gasteiger partial charge < -0.3 is 4.74 Å². The van der Waals surface area contributed by atoms with Gasteiger partial charge in [0.1, 0.15) is 0 Å². The van der Waals surface area contributed by atoms with Crippen LogP contribution in [0.1, 0.15) is 6.92 Å². The van der Waals surface area contributed by atoms with Gasteiger partial charge in [0.05, 0.1) is 12.7 Å². The molecule has 0 saturated heterocycles. The lowest BCUT2D eigenvalue weighted by Crippen LogP contribution is -1.97. The van der Waals surface area contributed by atoms with Crippen molar-refractivity contribution in [2.24, 2.45) is 0 Å². The van der Waals surface area contributed by atoms with Gasteiger partial charge in [-0.3, -0.25) is 0 Å². The van der Waals surface area contributed by atoms with E-state index in [4.69, 9.17) is 4.74 Å². The molecule has 0 fully saturated rings. The molecule has 1 heterocycles. The molecule has 0 amide bonds. The van der Waals surface area contributed by atoms with Gasteiger partial charge in [0, 0.05) is 0 Å². The Kier molecular flexibility index (Phi) is 1.86. The molecule has 0 aliphatic carbocycles. The molecule has 0 bridgehead atoms. The monoisotopic (exact) mass is 110 g/mol. The summed E-state index contributed by atoms with van der Waals surface area (Å²) in [5.74, 6) is 0. The van der Waals surface area contributed by atoms with Crippen LogP contribution < -0.4 is 0 Å². The Balaban J connectivity index is 2.36. The zero-order chi connectivity index (χ0) is 5.82. The highest BCUT2D eigenvalue weighted by Crippen LogP contribution is 2.03. The fourth-order valence-electron chi connectivity index (χ4n) is 0.721. The van der Waals surface area contributed by atoms with E-state index in [0.717, 1.165) is 6.61 Å². The van der Waals surface area contributed by atoms with Crippen molar-refractivity contribution in [1.29, 1.82) is 0 Å². The summed E-state index contributed by atoms with van der Waals surface area (Å²) in [4.78, 5) is 0. The van der Waals surface area contributed by atoms with E-state index in [1.807, 2.05) is 25.2 Å². The first kappa shape index (κ1) is 5.57. The van der Waals surface area contributed by atoms with Crippen molar-refractivity contribution in [2.75, 3.05) is 6.61 Å². The summed E-state index contributed by atoms with van der Waals surface area (Å²) in [6.07, 6.45) is 8.37. The Labute approximate surface area is 49.7 Å². The molecule has 0 radical (unpaired) electrons. The molecule has 0 N–H and O–H groups in total. The van der Waals surface area contributed by atoms with Gasteiger partial charge in [-0.25, -0.2) is 0 Å². The quantitative estimate of drug-likeness (QED) is 0.465. The van der Waals surface area contributed by atoms with E-state index in [1.54, 1.807) is 0 Å². The van der Waals surface area contributed by atoms with Crippen LogP contribution in [0, 0.1) is 0 Å². The van der Waals surface area contributed by atoms with Crippen LogP contribution in [-0.2, 0) is 4.74 Å². The number of allylic oxidation sites excluding steroid dienone is 1. The minimum Gasteiger partial charge on any atom is -0.366 e. The molecular formula is C7H10O. The van der Waals surface area contributed by atoms with Crippen molar-refractivity contribution in [3.8, 4) is 0 Å². The van der Waals surface area contributed by atoms with Crippen LogP contribution in [0.2, 0.25) is 0 Å². The third kappa shape index (κ3) is 1.20. The molecule has 0 aromatic carbocycles. The maximum absolute atomic E-state index is 5.20. The zero-order valence-corrected chi connectivity index (χ0v) is 5.00. The van der Waals surface area contributed by atoms with E-state index >= 15 is 0 Å². The summed E-state index contributed by atoms with van der Waals surface area (Å²) in [5.41, 5.74) is 0. The first-order chi connectivity index (χ1) is 3.93. The van der Waals surface area contributed by atoms with Crippen molar-refractivity contribution in [3.63, 3.8) is 0 Å². The maximum atomic E-state index is 5.20. The largest absolute Gasteiger partial charge is 0.366 e. The lowest BCUT2D eigenvalue weighted by Gasteiger charge is -1.97. The Morgan fingerprint density at radius 1 is 1.75 bits per heavy atom. The van der Waals surface area contributed by atoms with Gasteiger partial charge in [0.15, 0.2) is 0 Å². The minimum absolute atomic E-state index is 0.250. The topological polar surface area (TPSA) is 9.23 Å². The second-order valence-corrected chi connectivity index (χ2v) is 1.75. The zero-order valence-electron chi connectivity index (χ0n) is 5.00. The van der Waals surface area contributed by atoms with E-state index in [2.05, 4.69) is 6.08 Å². The molecule has 0 spiro atoms. The van der Waals surface area contributed by atoms with E-state index in [1.165, 1.54) is 0 Å². The molecule has 1 aliphatic heterocycles. The Morgan fingerprint density at radius 3 is 3.12 bits per heavy atom. The first-order valence-electron chi connectivity index (χ1n) is 2.84. The average molecular weight is 110 g/mol. The molecule has 8 heavy (non-hydrogen) atoms. The van der Waals surface area contributed by atoms with E-state index in [9.17, 15) is 0 Å². The summed E-state index contributed by atoms with van der Waals surface area (Å²) in [6.45, 7) is 2.77. The van der Waals surface area contributed by atoms with Gasteiger partial charge in [-0.15, -0.1) is 0 Å². The van der Waals surface area contributed by atoms with Gasteiger partial charge >= 0.3 is 0 Å². The SMILES string of the molecule is C/C=C\[C@H]1C=CCO1. The summed E-state index contributed by atoms with van der Waals surface area (Å²) in [6, 6.07) is 0. The Bertz CT molecular complexity index is 114. The summed E-state index contributed by atoms with van der Waals surface area (Å²) < 4.78 is 5.20. The molecule has 1 nitrogen and oxygen atoms in total. The van der Waals surface area contributed by atoms with Crippen molar-refractivity contribution >= 4 is 0 Å². The van der Waals surface area contributed by atoms with Crippen LogP contribution in [-0.4, -0.2) is 12.7 Å². The van der Waals surface area contributed by atoms with Gasteiger partial charge in [-0.2, -0.15) is 0 Å². The Morgan fingerprint density at radius 2 is 2.62 bits per heavy atom. The highest BCUT2D eigenvalue weighted by Gasteiger charge is 2.01. The molecule has 1 atom stereocenters. The second kappa shape index (κ2) is 2.68. The van der Waals surface area contributed by atoms with Crippen LogP contribution in [0.4, 0.5) is 0 Å². The minimum atomic E-state index is 0.250. The van der Waals surface area contributed by atoms with Crippen LogP contribution >= 0.6 is 0 Å². The fraction of sp³-hybridized carbons (Fsp3) is 0.429. The summed E-state index contributed by atoms with van der Waals surface area (Å²) in [5, 5.41) is 0. The van der Waals surface area contributed by atoms with Crippen molar-refractivity contribution < 1.29 is 4.74 Å². The molecule has 0 aromatic rings. The summed E-state index contributed by atoms with van der Waals surface area (Å²) >= 11 is 0. The smallest absolute Gasteiger partial charge is 0.0942 e. The maximum Gasteiger partial charge on any atom is 0.0942 e. The predicted octanol–water partition coefficient (Wildman–Crippen LogP) is 1.52. The number of hydrogen-bond acceptors (Lipinski definition) is 1. The highest BCUT2D eigenvalue weighted by atomic mass is 16.5. The molecular weight excluding hydrogens is 100 g/mol. The van der Waals surface area contributed by atoms with Crippen LogP contribution in [0.5, 0.6) is 0 Å². The first-order valence-corrected chi connectivity index (χ1v) is 2.84. The lowest BCUT2D eigenvalue weighted by atomic mass is 10.3. The van der Waals surface area contributed by atoms with E-state index in [0.29, 0.717) is 0 Å².